The van der Waals surface area contributed by atoms with Gasteiger partial charge in [-0.05, 0) is 44.5 Å². The van der Waals surface area contributed by atoms with Gasteiger partial charge >= 0.3 is 0 Å². The van der Waals surface area contributed by atoms with Crippen LogP contribution in [0.15, 0.2) is 24.3 Å². The molecule has 114 valence electrons. The highest BCUT2D eigenvalue weighted by atomic mass is 16.5. The Morgan fingerprint density at radius 3 is 2.45 bits per heavy atom. The van der Waals surface area contributed by atoms with E-state index in [0.29, 0.717) is 19.3 Å². The highest BCUT2D eigenvalue weighted by Crippen LogP contribution is 2.13. The molecule has 0 aromatic heterocycles. The van der Waals surface area contributed by atoms with Crippen molar-refractivity contribution in [3.8, 4) is 5.75 Å². The molecule has 4 nitrogen and oxygen atoms in total. The predicted octanol–water partition coefficient (Wildman–Crippen LogP) is 2.00. The van der Waals surface area contributed by atoms with E-state index in [9.17, 15) is 5.11 Å². The minimum atomic E-state index is -0.580. The van der Waals surface area contributed by atoms with Gasteiger partial charge in [-0.2, -0.15) is 0 Å². The van der Waals surface area contributed by atoms with Gasteiger partial charge in [0, 0.05) is 12.6 Å². The van der Waals surface area contributed by atoms with Crippen molar-refractivity contribution in [3.63, 3.8) is 0 Å². The van der Waals surface area contributed by atoms with Crippen LogP contribution in [0.2, 0.25) is 0 Å². The molecule has 4 heteroatoms. The van der Waals surface area contributed by atoms with E-state index >= 15 is 0 Å². The van der Waals surface area contributed by atoms with Gasteiger partial charge in [0.1, 0.15) is 18.5 Å². The summed E-state index contributed by atoms with van der Waals surface area (Å²) in [6.45, 7) is 8.36. The molecule has 1 rings (SSSR count). The number of benzene rings is 1. The van der Waals surface area contributed by atoms with Crippen molar-refractivity contribution in [1.82, 2.24) is 5.32 Å². The van der Waals surface area contributed by atoms with Crippen LogP contribution < -0.4 is 10.1 Å². The van der Waals surface area contributed by atoms with Crippen molar-refractivity contribution < 1.29 is 14.6 Å². The first kappa shape index (κ1) is 17.0. The number of rotatable bonds is 10. The minimum absolute atomic E-state index is 0.257. The van der Waals surface area contributed by atoms with Gasteiger partial charge in [0.2, 0.25) is 0 Å². The Hall–Kier alpha value is -1.10. The third kappa shape index (κ3) is 6.89. The Labute approximate surface area is 122 Å². The number of hydrogen-bond acceptors (Lipinski definition) is 4. The van der Waals surface area contributed by atoms with Crippen LogP contribution in [-0.4, -0.2) is 43.6 Å². The lowest BCUT2D eigenvalue weighted by Crippen LogP contribution is -2.27. The summed E-state index contributed by atoms with van der Waals surface area (Å²) in [7, 11) is 0. The highest BCUT2D eigenvalue weighted by molar-refractivity contribution is 5.27. The van der Waals surface area contributed by atoms with E-state index in [1.807, 2.05) is 19.1 Å². The van der Waals surface area contributed by atoms with Crippen molar-refractivity contribution in [1.29, 1.82) is 0 Å². The summed E-state index contributed by atoms with van der Waals surface area (Å²) in [5.41, 5.74) is 1.28. The fourth-order valence-corrected chi connectivity index (χ4v) is 1.99. The molecular formula is C16H27NO3. The predicted molar refractivity (Wildman–Crippen MR) is 81.3 cm³/mol. The van der Waals surface area contributed by atoms with Crippen LogP contribution in [0.3, 0.4) is 0 Å². The van der Waals surface area contributed by atoms with Gasteiger partial charge in [0.05, 0.1) is 6.61 Å². The molecule has 0 amide bonds. The van der Waals surface area contributed by atoms with Gasteiger partial charge in [-0.3, -0.25) is 0 Å². The molecule has 0 radical (unpaired) electrons. The second-order valence-electron chi connectivity index (χ2n) is 4.93. The van der Waals surface area contributed by atoms with Crippen LogP contribution in [0.4, 0.5) is 0 Å². The summed E-state index contributed by atoms with van der Waals surface area (Å²) in [4.78, 5) is 0. The van der Waals surface area contributed by atoms with Gasteiger partial charge in [-0.1, -0.05) is 19.1 Å². The normalized spacial score (nSPS) is 14.0. The Morgan fingerprint density at radius 1 is 1.15 bits per heavy atom. The van der Waals surface area contributed by atoms with Crippen molar-refractivity contribution >= 4 is 0 Å². The van der Waals surface area contributed by atoms with E-state index in [4.69, 9.17) is 9.47 Å². The number of nitrogens with one attached hydrogen (secondary N) is 1. The molecule has 0 spiro atoms. The number of aliphatic hydroxyl groups excluding tert-OH is 1. The summed E-state index contributed by atoms with van der Waals surface area (Å²) < 4.78 is 10.7. The minimum Gasteiger partial charge on any atom is -0.491 e. The number of aliphatic hydroxyl groups is 1. The average Bonchev–Trinajstić information content (AvgIpc) is 2.44. The average molecular weight is 281 g/mol. The van der Waals surface area contributed by atoms with Gasteiger partial charge in [-0.25, -0.2) is 0 Å². The molecule has 0 aliphatic heterocycles. The number of hydrogen-bond donors (Lipinski definition) is 2. The molecule has 20 heavy (non-hydrogen) atoms. The molecule has 0 heterocycles. The fourth-order valence-electron chi connectivity index (χ4n) is 1.99. The maximum Gasteiger partial charge on any atom is 0.119 e. The first-order valence-electron chi connectivity index (χ1n) is 7.36. The highest BCUT2D eigenvalue weighted by Gasteiger charge is 2.06. The van der Waals surface area contributed by atoms with Crippen molar-refractivity contribution in [3.05, 3.63) is 29.8 Å². The fraction of sp³-hybridized carbons (Fsp3) is 0.625. The zero-order valence-electron chi connectivity index (χ0n) is 12.8. The van der Waals surface area contributed by atoms with Crippen LogP contribution in [0.5, 0.6) is 5.75 Å². The molecule has 2 unspecified atom stereocenters. The Kier molecular flexibility index (Phi) is 8.26. The monoisotopic (exact) mass is 281 g/mol. The first-order chi connectivity index (χ1) is 9.65. The standard InChI is InChI=1S/C16H27NO3/c1-4-17-13(3)10-14-6-8-16(9-7-14)20-12-15(18)11-19-5-2/h6-9,13,15,17-18H,4-5,10-12H2,1-3H3. The largest absolute Gasteiger partial charge is 0.491 e. The van der Waals surface area contributed by atoms with Crippen LogP contribution in [0, 0.1) is 0 Å². The third-order valence-corrected chi connectivity index (χ3v) is 2.97. The van der Waals surface area contributed by atoms with Crippen LogP contribution >= 0.6 is 0 Å². The molecular weight excluding hydrogens is 254 g/mol. The van der Waals surface area contributed by atoms with E-state index in [1.54, 1.807) is 0 Å². The quantitative estimate of drug-likeness (QED) is 0.689. The smallest absolute Gasteiger partial charge is 0.119 e. The summed E-state index contributed by atoms with van der Waals surface area (Å²) in [6.07, 6.45) is 0.421. The van der Waals surface area contributed by atoms with E-state index in [2.05, 4.69) is 31.3 Å². The zero-order chi connectivity index (χ0) is 14.8. The first-order valence-corrected chi connectivity index (χ1v) is 7.36. The maximum atomic E-state index is 9.62. The Morgan fingerprint density at radius 2 is 1.85 bits per heavy atom. The van der Waals surface area contributed by atoms with E-state index < -0.39 is 6.10 Å². The SMILES string of the molecule is CCNC(C)Cc1ccc(OCC(O)COCC)cc1. The molecule has 1 aromatic carbocycles. The van der Waals surface area contributed by atoms with Gasteiger partial charge in [-0.15, -0.1) is 0 Å². The Bertz CT molecular complexity index is 353. The molecule has 0 saturated heterocycles. The molecule has 0 fully saturated rings. The van der Waals surface area contributed by atoms with Gasteiger partial charge in [0.15, 0.2) is 0 Å². The number of ether oxygens (including phenoxy) is 2. The van der Waals surface area contributed by atoms with Crippen LogP contribution in [0.25, 0.3) is 0 Å². The van der Waals surface area contributed by atoms with Crippen molar-refractivity contribution in [2.75, 3.05) is 26.4 Å². The van der Waals surface area contributed by atoms with Crippen molar-refractivity contribution in [2.45, 2.75) is 39.3 Å². The molecule has 0 bridgehead atoms. The lowest BCUT2D eigenvalue weighted by Gasteiger charge is -2.14. The summed E-state index contributed by atoms with van der Waals surface area (Å²) in [6, 6.07) is 8.50. The summed E-state index contributed by atoms with van der Waals surface area (Å²) >= 11 is 0. The Balaban J connectivity index is 2.34. The van der Waals surface area contributed by atoms with Crippen LogP contribution in [-0.2, 0) is 11.2 Å². The molecule has 2 atom stereocenters. The van der Waals surface area contributed by atoms with Crippen molar-refractivity contribution in [2.24, 2.45) is 0 Å². The number of likely N-dealkylation sites (N-methyl/N-ethyl adjacent to an activating group) is 1. The second kappa shape index (κ2) is 9.75. The lowest BCUT2D eigenvalue weighted by atomic mass is 10.1. The lowest BCUT2D eigenvalue weighted by molar-refractivity contribution is 0.0164. The third-order valence-electron chi connectivity index (χ3n) is 2.97. The van der Waals surface area contributed by atoms with E-state index in [0.717, 1.165) is 18.7 Å². The second-order valence-corrected chi connectivity index (χ2v) is 4.93. The molecule has 0 aliphatic rings. The summed E-state index contributed by atoms with van der Waals surface area (Å²) in [5.74, 6) is 0.778. The topological polar surface area (TPSA) is 50.7 Å². The van der Waals surface area contributed by atoms with Gasteiger partial charge < -0.3 is 19.9 Å². The van der Waals surface area contributed by atoms with Crippen LogP contribution in [0.1, 0.15) is 26.3 Å². The molecule has 0 aliphatic carbocycles. The zero-order valence-corrected chi connectivity index (χ0v) is 12.8. The summed E-state index contributed by atoms with van der Waals surface area (Å²) in [5, 5.41) is 13.0. The van der Waals surface area contributed by atoms with E-state index in [1.165, 1.54) is 5.56 Å². The molecule has 1 aromatic rings. The maximum absolute atomic E-state index is 9.62. The van der Waals surface area contributed by atoms with E-state index in [-0.39, 0.29) is 6.61 Å². The molecule has 2 N–H and O–H groups in total. The van der Waals surface area contributed by atoms with Gasteiger partial charge in [0.25, 0.3) is 0 Å². The molecule has 0 saturated carbocycles.